The minimum atomic E-state index is -0.335. The molecule has 0 spiro atoms. The van der Waals surface area contributed by atoms with E-state index in [0.717, 1.165) is 0 Å². The Hall–Kier alpha value is -3.13. The van der Waals surface area contributed by atoms with Gasteiger partial charge in [0, 0.05) is 44.9 Å². The van der Waals surface area contributed by atoms with E-state index in [1.165, 1.54) is 12.1 Å². The van der Waals surface area contributed by atoms with Gasteiger partial charge >= 0.3 is 0 Å². The van der Waals surface area contributed by atoms with Crippen molar-refractivity contribution in [3.05, 3.63) is 59.9 Å². The van der Waals surface area contributed by atoms with Gasteiger partial charge in [-0.25, -0.2) is 4.39 Å². The van der Waals surface area contributed by atoms with Crippen LogP contribution in [0.2, 0.25) is 0 Å². The van der Waals surface area contributed by atoms with Crippen molar-refractivity contribution in [1.82, 2.24) is 9.80 Å². The van der Waals surface area contributed by atoms with Gasteiger partial charge in [0.2, 0.25) is 5.91 Å². The van der Waals surface area contributed by atoms with E-state index in [2.05, 4.69) is 0 Å². The van der Waals surface area contributed by atoms with Crippen LogP contribution in [0.15, 0.2) is 48.5 Å². The van der Waals surface area contributed by atoms with Crippen molar-refractivity contribution in [3.63, 3.8) is 0 Å². The number of carbonyl (C=O) groups is 2. The summed E-state index contributed by atoms with van der Waals surface area (Å²) in [5.74, 6) is 0.443. The molecule has 2 amide bonds. The fourth-order valence-corrected chi connectivity index (χ4v) is 4.39. The van der Waals surface area contributed by atoms with Gasteiger partial charge in [-0.05, 0) is 36.4 Å². The van der Waals surface area contributed by atoms with Crippen molar-refractivity contribution >= 4 is 11.8 Å². The first-order chi connectivity index (χ1) is 16.0. The van der Waals surface area contributed by atoms with E-state index in [9.17, 15) is 14.0 Å². The van der Waals surface area contributed by atoms with E-state index in [1.54, 1.807) is 47.2 Å². The normalized spacial score (nSPS) is 20.9. The lowest BCUT2D eigenvalue weighted by Crippen LogP contribution is -2.50. The molecule has 0 saturated carbocycles. The van der Waals surface area contributed by atoms with Gasteiger partial charge in [-0.2, -0.15) is 0 Å². The monoisotopic (exact) mass is 456 g/mol. The smallest absolute Gasteiger partial charge is 0.257 e. The molecule has 0 radical (unpaired) electrons. The summed E-state index contributed by atoms with van der Waals surface area (Å²) >= 11 is 0. The van der Waals surface area contributed by atoms with E-state index >= 15 is 0 Å². The molecular formula is C25H29FN2O5. The van der Waals surface area contributed by atoms with Gasteiger partial charge in [0.15, 0.2) is 0 Å². The van der Waals surface area contributed by atoms with Gasteiger partial charge in [0.25, 0.3) is 5.91 Å². The minimum Gasteiger partial charge on any atom is -0.496 e. The summed E-state index contributed by atoms with van der Waals surface area (Å²) in [7, 11) is 1.54. The number of amides is 2. The zero-order chi connectivity index (χ0) is 23.2. The lowest BCUT2D eigenvalue weighted by atomic mass is 9.90. The van der Waals surface area contributed by atoms with Gasteiger partial charge in [-0.1, -0.05) is 12.1 Å². The highest BCUT2D eigenvalue weighted by Crippen LogP contribution is 2.29. The zero-order valence-corrected chi connectivity index (χ0v) is 18.7. The molecule has 0 unspecified atom stereocenters. The Kier molecular flexibility index (Phi) is 7.44. The average molecular weight is 457 g/mol. The summed E-state index contributed by atoms with van der Waals surface area (Å²) in [6.45, 7) is 3.08. The molecule has 33 heavy (non-hydrogen) atoms. The van der Waals surface area contributed by atoms with Crippen molar-refractivity contribution in [2.24, 2.45) is 5.92 Å². The first-order valence-corrected chi connectivity index (χ1v) is 11.2. The lowest BCUT2D eigenvalue weighted by Gasteiger charge is -2.39. The Morgan fingerprint density at radius 3 is 2.48 bits per heavy atom. The molecule has 0 N–H and O–H groups in total. The number of benzene rings is 2. The Labute approximate surface area is 193 Å². The van der Waals surface area contributed by atoms with Crippen LogP contribution in [0.4, 0.5) is 4.39 Å². The van der Waals surface area contributed by atoms with E-state index in [-0.39, 0.29) is 36.1 Å². The molecule has 176 valence electrons. The van der Waals surface area contributed by atoms with Crippen LogP contribution < -0.4 is 9.47 Å². The third-order valence-corrected chi connectivity index (χ3v) is 6.19. The van der Waals surface area contributed by atoms with Crippen molar-refractivity contribution in [2.75, 3.05) is 46.5 Å². The summed E-state index contributed by atoms with van der Waals surface area (Å²) in [6.07, 6.45) is 0.572. The topological polar surface area (TPSA) is 68.3 Å². The maximum atomic E-state index is 13.3. The van der Waals surface area contributed by atoms with E-state index in [4.69, 9.17) is 14.2 Å². The fraction of sp³-hybridized carbons (Fsp3) is 0.440. The second-order valence-electron chi connectivity index (χ2n) is 8.31. The molecule has 2 aromatic rings. The standard InChI is InChI=1S/C25H29FN2O5/c1-31-23-5-3-2-4-21(23)25(30)28-11-10-22(33-20-8-6-19(26)7-9-20)18(17-28)16-24(29)27-12-14-32-15-13-27/h2-9,18,22H,10-17H2,1H3/t18-,22-/m0/s1. The number of ether oxygens (including phenoxy) is 3. The number of methoxy groups -OCH3 is 1. The molecule has 2 aliphatic heterocycles. The zero-order valence-electron chi connectivity index (χ0n) is 18.7. The third-order valence-electron chi connectivity index (χ3n) is 6.19. The number of likely N-dealkylation sites (tertiary alicyclic amines) is 1. The number of carbonyl (C=O) groups excluding carboxylic acids is 2. The molecule has 2 aromatic carbocycles. The highest BCUT2D eigenvalue weighted by atomic mass is 19.1. The Morgan fingerprint density at radius 2 is 1.76 bits per heavy atom. The molecule has 2 atom stereocenters. The van der Waals surface area contributed by atoms with Crippen molar-refractivity contribution < 1.29 is 28.2 Å². The van der Waals surface area contributed by atoms with E-state index in [1.807, 2.05) is 6.07 Å². The number of piperidine rings is 1. The Bertz CT molecular complexity index is 962. The summed E-state index contributed by atoms with van der Waals surface area (Å²) < 4.78 is 30.2. The number of morpholine rings is 1. The maximum Gasteiger partial charge on any atom is 0.257 e. The molecule has 8 heteroatoms. The summed E-state index contributed by atoms with van der Waals surface area (Å²) in [5, 5.41) is 0. The van der Waals surface area contributed by atoms with Crippen molar-refractivity contribution in [2.45, 2.75) is 18.9 Å². The number of halogens is 1. The van der Waals surface area contributed by atoms with E-state index < -0.39 is 0 Å². The largest absolute Gasteiger partial charge is 0.496 e. The van der Waals surface area contributed by atoms with Crippen LogP contribution >= 0.6 is 0 Å². The van der Waals surface area contributed by atoms with Gasteiger partial charge in [0.1, 0.15) is 23.4 Å². The Balaban J connectivity index is 1.50. The van der Waals surface area contributed by atoms with Gasteiger partial charge < -0.3 is 24.0 Å². The number of para-hydroxylation sites is 1. The Morgan fingerprint density at radius 1 is 1.03 bits per heavy atom. The maximum absolute atomic E-state index is 13.3. The molecule has 2 aliphatic rings. The van der Waals surface area contributed by atoms with Gasteiger partial charge in [-0.15, -0.1) is 0 Å². The highest BCUT2D eigenvalue weighted by molar-refractivity contribution is 5.97. The van der Waals surface area contributed by atoms with Crippen LogP contribution in [0.25, 0.3) is 0 Å². The summed E-state index contributed by atoms with van der Waals surface area (Å²) in [4.78, 5) is 29.8. The van der Waals surface area contributed by atoms with Gasteiger partial charge in [0.05, 0.1) is 25.9 Å². The first-order valence-electron chi connectivity index (χ1n) is 11.2. The second-order valence-corrected chi connectivity index (χ2v) is 8.31. The predicted molar refractivity (Wildman–Crippen MR) is 120 cm³/mol. The lowest BCUT2D eigenvalue weighted by molar-refractivity contribution is -0.137. The molecule has 2 saturated heterocycles. The SMILES string of the molecule is COc1ccccc1C(=O)N1CC[C@H](Oc2ccc(F)cc2)[C@@H](CC(=O)N2CCOCC2)C1. The molecule has 0 aliphatic carbocycles. The van der Waals surface area contributed by atoms with Crippen LogP contribution in [0.5, 0.6) is 11.5 Å². The van der Waals surface area contributed by atoms with Crippen molar-refractivity contribution in [1.29, 1.82) is 0 Å². The molecule has 0 aromatic heterocycles. The highest BCUT2D eigenvalue weighted by Gasteiger charge is 2.36. The molecule has 2 fully saturated rings. The summed E-state index contributed by atoms with van der Waals surface area (Å²) in [6, 6.07) is 13.0. The molecular weight excluding hydrogens is 427 g/mol. The van der Waals surface area contributed by atoms with Crippen LogP contribution in [-0.2, 0) is 9.53 Å². The van der Waals surface area contributed by atoms with Crippen LogP contribution in [0.1, 0.15) is 23.2 Å². The molecule has 0 bridgehead atoms. The number of hydrogen-bond acceptors (Lipinski definition) is 5. The number of hydrogen-bond donors (Lipinski definition) is 0. The number of nitrogens with zero attached hydrogens (tertiary/aromatic N) is 2. The average Bonchev–Trinajstić information content (AvgIpc) is 2.86. The quantitative estimate of drug-likeness (QED) is 0.669. The van der Waals surface area contributed by atoms with Crippen molar-refractivity contribution in [3.8, 4) is 11.5 Å². The third kappa shape index (κ3) is 5.63. The van der Waals surface area contributed by atoms with E-state index in [0.29, 0.717) is 62.9 Å². The molecule has 2 heterocycles. The molecule has 7 nitrogen and oxygen atoms in total. The van der Waals surface area contributed by atoms with Crippen LogP contribution in [-0.4, -0.2) is 74.2 Å². The fourth-order valence-electron chi connectivity index (χ4n) is 4.39. The molecule has 4 rings (SSSR count). The van der Waals surface area contributed by atoms with Gasteiger partial charge in [-0.3, -0.25) is 9.59 Å². The first kappa shape index (κ1) is 23.0. The summed E-state index contributed by atoms with van der Waals surface area (Å²) in [5.41, 5.74) is 0.496. The van der Waals surface area contributed by atoms with Crippen LogP contribution in [0, 0.1) is 11.7 Å². The van der Waals surface area contributed by atoms with Crippen LogP contribution in [0.3, 0.4) is 0 Å². The minimum absolute atomic E-state index is 0.0302. The predicted octanol–water partition coefficient (Wildman–Crippen LogP) is 2.99. The second kappa shape index (κ2) is 10.7. The number of rotatable bonds is 6.